The maximum absolute atomic E-state index is 6.52. The summed E-state index contributed by atoms with van der Waals surface area (Å²) in [5, 5.41) is 1.82. The van der Waals surface area contributed by atoms with Gasteiger partial charge in [-0.25, -0.2) is 9.97 Å². The van der Waals surface area contributed by atoms with Gasteiger partial charge in [-0.15, -0.1) is 11.3 Å². The molecule has 6 rings (SSSR count). The normalized spacial score (nSPS) is 11.3. The van der Waals surface area contributed by atoms with Crippen LogP contribution in [0.1, 0.15) is 0 Å². The predicted octanol–water partition coefficient (Wildman–Crippen LogP) is 8.50. The summed E-state index contributed by atoms with van der Waals surface area (Å²) in [6.07, 6.45) is 0. The smallest absolute Gasteiger partial charge is 0.160 e. The molecule has 0 unspecified atom stereocenters. The van der Waals surface area contributed by atoms with Crippen molar-refractivity contribution in [1.29, 1.82) is 0 Å². The fourth-order valence-corrected chi connectivity index (χ4v) is 5.44. The molecule has 2 heterocycles. The Labute approximate surface area is 194 Å². The highest BCUT2D eigenvalue weighted by atomic mass is 35.5. The highest BCUT2D eigenvalue weighted by Crippen LogP contribution is 2.41. The van der Waals surface area contributed by atoms with Crippen molar-refractivity contribution in [2.75, 3.05) is 0 Å². The number of nitrogens with zero attached hydrogens (tertiary/aromatic N) is 2. The van der Waals surface area contributed by atoms with Gasteiger partial charge >= 0.3 is 0 Å². The Morgan fingerprint density at radius 1 is 0.531 bits per heavy atom. The fraction of sp³-hybridized carbons (Fsp3) is 0. The van der Waals surface area contributed by atoms with Crippen molar-refractivity contribution < 1.29 is 0 Å². The van der Waals surface area contributed by atoms with Crippen LogP contribution in [-0.2, 0) is 0 Å². The number of fused-ring (bicyclic) bond motifs is 3. The first-order valence-electron chi connectivity index (χ1n) is 10.4. The third kappa shape index (κ3) is 3.27. The molecule has 0 fully saturated rings. The molecule has 152 valence electrons. The molecule has 0 N–H and O–H groups in total. The van der Waals surface area contributed by atoms with Crippen LogP contribution >= 0.6 is 22.9 Å². The maximum atomic E-state index is 6.52. The van der Waals surface area contributed by atoms with Crippen molar-refractivity contribution in [1.82, 2.24) is 9.97 Å². The second-order valence-electron chi connectivity index (χ2n) is 7.60. The van der Waals surface area contributed by atoms with Crippen LogP contribution in [-0.4, -0.2) is 9.97 Å². The summed E-state index contributed by atoms with van der Waals surface area (Å²) in [6, 6.07) is 35.1. The van der Waals surface area contributed by atoms with E-state index in [-0.39, 0.29) is 0 Å². The van der Waals surface area contributed by atoms with Crippen LogP contribution in [0.3, 0.4) is 0 Å². The molecule has 0 aliphatic carbocycles. The third-order valence-electron chi connectivity index (χ3n) is 5.59. The summed E-state index contributed by atoms with van der Waals surface area (Å²) in [4.78, 5) is 10.0. The van der Waals surface area contributed by atoms with E-state index in [4.69, 9.17) is 21.6 Å². The average molecular weight is 449 g/mol. The molecular weight excluding hydrogens is 432 g/mol. The van der Waals surface area contributed by atoms with Crippen molar-refractivity contribution in [3.63, 3.8) is 0 Å². The number of benzene rings is 4. The molecule has 2 nitrogen and oxygen atoms in total. The first kappa shape index (κ1) is 19.2. The van der Waals surface area contributed by atoms with E-state index < -0.39 is 0 Å². The topological polar surface area (TPSA) is 25.8 Å². The second kappa shape index (κ2) is 7.86. The van der Waals surface area contributed by atoms with Gasteiger partial charge in [-0.3, -0.25) is 0 Å². The summed E-state index contributed by atoms with van der Waals surface area (Å²) in [6.45, 7) is 0. The van der Waals surface area contributed by atoms with Crippen molar-refractivity contribution in [2.24, 2.45) is 0 Å². The molecule has 0 aliphatic rings. The Hall–Kier alpha value is -3.53. The van der Waals surface area contributed by atoms with E-state index in [1.165, 1.54) is 11.1 Å². The van der Waals surface area contributed by atoms with Gasteiger partial charge in [0.1, 0.15) is 0 Å². The minimum atomic E-state index is 0.718. The molecule has 0 atom stereocenters. The van der Waals surface area contributed by atoms with Crippen molar-refractivity contribution in [3.05, 3.63) is 108 Å². The van der Waals surface area contributed by atoms with E-state index in [1.54, 1.807) is 11.3 Å². The number of thiophene rings is 1. The number of halogens is 1. The zero-order chi connectivity index (χ0) is 21.5. The molecule has 6 aromatic rings. The van der Waals surface area contributed by atoms with Gasteiger partial charge in [0.2, 0.25) is 0 Å². The van der Waals surface area contributed by atoms with Crippen LogP contribution in [0, 0.1) is 0 Å². The molecule has 4 heteroatoms. The van der Waals surface area contributed by atoms with Crippen LogP contribution in [0.2, 0.25) is 5.02 Å². The van der Waals surface area contributed by atoms with E-state index in [2.05, 4.69) is 66.7 Å². The van der Waals surface area contributed by atoms with Crippen molar-refractivity contribution in [2.45, 2.75) is 0 Å². The molecule has 0 spiro atoms. The van der Waals surface area contributed by atoms with E-state index >= 15 is 0 Å². The lowest BCUT2D eigenvalue weighted by molar-refractivity contribution is 1.24. The zero-order valence-electron chi connectivity index (χ0n) is 17.0. The molecule has 0 aliphatic heterocycles. The standard InChI is InChI=1S/C28H17ClN2S/c29-23-13-7-12-22-25-27(32-26(22)23)24(20-10-5-2-6-11-20)30-28(31-25)21-16-14-19(15-17-21)18-8-3-1-4-9-18/h1-17H. The second-order valence-corrected chi connectivity index (χ2v) is 9.03. The average Bonchev–Trinajstić information content (AvgIpc) is 3.25. The summed E-state index contributed by atoms with van der Waals surface area (Å²) in [7, 11) is 0. The number of hydrogen-bond donors (Lipinski definition) is 0. The molecule has 0 amide bonds. The Morgan fingerprint density at radius 3 is 1.88 bits per heavy atom. The molecule has 0 bridgehead atoms. The Morgan fingerprint density at radius 2 is 1.16 bits per heavy atom. The van der Waals surface area contributed by atoms with Crippen LogP contribution < -0.4 is 0 Å². The first-order chi connectivity index (χ1) is 15.8. The SMILES string of the molecule is Clc1cccc2c1sc1c(-c3ccccc3)nc(-c3ccc(-c4ccccc4)cc3)nc12. The van der Waals surface area contributed by atoms with Gasteiger partial charge in [0.05, 0.1) is 25.6 Å². The van der Waals surface area contributed by atoms with Gasteiger partial charge in [0.25, 0.3) is 0 Å². The lowest BCUT2D eigenvalue weighted by atomic mass is 10.0. The molecule has 0 saturated heterocycles. The first-order valence-corrected chi connectivity index (χ1v) is 11.6. The lowest BCUT2D eigenvalue weighted by Gasteiger charge is -2.08. The highest BCUT2D eigenvalue weighted by Gasteiger charge is 2.17. The van der Waals surface area contributed by atoms with Gasteiger partial charge in [0, 0.05) is 16.5 Å². The molecule has 32 heavy (non-hydrogen) atoms. The number of rotatable bonds is 3. The van der Waals surface area contributed by atoms with Crippen LogP contribution in [0.5, 0.6) is 0 Å². The lowest BCUT2D eigenvalue weighted by Crippen LogP contribution is -1.93. The number of aromatic nitrogens is 2. The van der Waals surface area contributed by atoms with E-state index in [0.29, 0.717) is 0 Å². The van der Waals surface area contributed by atoms with Gasteiger partial charge in [-0.2, -0.15) is 0 Å². The van der Waals surface area contributed by atoms with E-state index in [1.807, 2.05) is 36.4 Å². The van der Waals surface area contributed by atoms with Crippen LogP contribution in [0.4, 0.5) is 0 Å². The monoisotopic (exact) mass is 448 g/mol. The Kier molecular flexibility index (Phi) is 4.71. The summed E-state index contributed by atoms with van der Waals surface area (Å²) < 4.78 is 2.11. The van der Waals surface area contributed by atoms with Crippen molar-refractivity contribution >= 4 is 43.2 Å². The van der Waals surface area contributed by atoms with E-state index in [9.17, 15) is 0 Å². The Balaban J connectivity index is 1.57. The highest BCUT2D eigenvalue weighted by molar-refractivity contribution is 7.26. The number of hydrogen-bond acceptors (Lipinski definition) is 3. The summed E-state index contributed by atoms with van der Waals surface area (Å²) in [5.74, 6) is 0.718. The van der Waals surface area contributed by atoms with Gasteiger partial charge < -0.3 is 0 Å². The quantitative estimate of drug-likeness (QED) is 0.271. The molecule has 2 aromatic heterocycles. The van der Waals surface area contributed by atoms with Crippen LogP contribution in [0.15, 0.2) is 103 Å². The summed E-state index contributed by atoms with van der Waals surface area (Å²) >= 11 is 8.18. The molecule has 4 aromatic carbocycles. The summed E-state index contributed by atoms with van der Waals surface area (Å²) in [5.41, 5.74) is 6.32. The van der Waals surface area contributed by atoms with Gasteiger partial charge in [-0.05, 0) is 17.2 Å². The maximum Gasteiger partial charge on any atom is 0.160 e. The minimum Gasteiger partial charge on any atom is -0.226 e. The fourth-order valence-electron chi connectivity index (χ4n) is 3.99. The minimum absolute atomic E-state index is 0.718. The van der Waals surface area contributed by atoms with Crippen LogP contribution in [0.25, 0.3) is 54.1 Å². The third-order valence-corrected chi connectivity index (χ3v) is 7.25. The predicted molar refractivity (Wildman–Crippen MR) is 136 cm³/mol. The van der Waals surface area contributed by atoms with Gasteiger partial charge in [0.15, 0.2) is 5.82 Å². The molecule has 0 radical (unpaired) electrons. The van der Waals surface area contributed by atoms with Gasteiger partial charge in [-0.1, -0.05) is 109 Å². The molecular formula is C28H17ClN2S. The Bertz CT molecular complexity index is 1560. The molecule has 0 saturated carbocycles. The largest absolute Gasteiger partial charge is 0.226 e. The zero-order valence-corrected chi connectivity index (χ0v) is 18.6. The van der Waals surface area contributed by atoms with Crippen molar-refractivity contribution in [3.8, 4) is 33.8 Å². The van der Waals surface area contributed by atoms with E-state index in [0.717, 1.165) is 48.0 Å².